The van der Waals surface area contributed by atoms with Crippen LogP contribution in [-0.2, 0) is 15.7 Å². The van der Waals surface area contributed by atoms with E-state index in [4.69, 9.17) is 39.5 Å². The van der Waals surface area contributed by atoms with Crippen molar-refractivity contribution in [1.29, 1.82) is 0 Å². The lowest BCUT2D eigenvalue weighted by Crippen LogP contribution is -2.57. The van der Waals surface area contributed by atoms with Crippen molar-refractivity contribution in [3.63, 3.8) is 0 Å². The number of amides is 3. The second-order valence-corrected chi connectivity index (χ2v) is 12.1. The van der Waals surface area contributed by atoms with Crippen molar-refractivity contribution < 1.29 is 63.0 Å². The predicted molar refractivity (Wildman–Crippen MR) is 155 cm³/mol. The molecule has 0 spiro atoms. The first kappa shape index (κ1) is 40.7. The monoisotopic (exact) mass is 761 g/mol. The first-order chi connectivity index (χ1) is 21.6. The summed E-state index contributed by atoms with van der Waals surface area (Å²) in [5.74, 6) is -7.91. The van der Waals surface area contributed by atoms with E-state index in [-0.39, 0.29) is 22.2 Å². The Bertz CT molecular complexity index is 1550. The van der Waals surface area contributed by atoms with Gasteiger partial charge in [0.1, 0.15) is 29.9 Å². The Hall–Kier alpha value is -3.44. The van der Waals surface area contributed by atoms with Gasteiger partial charge >= 0.3 is 24.6 Å². The molecule has 0 aliphatic rings. The molecule has 2 atom stereocenters. The highest BCUT2D eigenvalue weighted by atomic mass is 35.5. The minimum absolute atomic E-state index is 0.0164. The fourth-order valence-electron chi connectivity index (χ4n) is 3.84. The van der Waals surface area contributed by atoms with Gasteiger partial charge in [-0.2, -0.15) is 39.5 Å². The summed E-state index contributed by atoms with van der Waals surface area (Å²) in [5, 5.41) is 0.324. The maximum absolute atomic E-state index is 15.1. The lowest BCUT2D eigenvalue weighted by Gasteiger charge is -2.29. The summed E-state index contributed by atoms with van der Waals surface area (Å²) in [6, 6.07) is 0.378. The molecule has 0 saturated carbocycles. The predicted octanol–water partition coefficient (Wildman–Crippen LogP) is 9.27. The number of alkyl halides is 9. The fraction of sp³-hybridized carbons (Fsp3) is 0.393. The molecule has 3 amide bonds. The standard InChI is InChI=1S/C28H24Cl3F10N3O4/c1-12(23(46)44(11-26(33,34)35)43-24(47)48-25(2,3)4)42-22(45)15-6-5-13(7-17(15)28(39,40)41)20(32)10-16(27(36,37)38)14-8-18(29)21(31)19(30)9-14/h5-10,12,16H,11H2,1-4H3,(H,42,45)(H,43,47)/b20-10-/t12-,16?/m1/s1. The first-order valence-corrected chi connectivity index (χ1v) is 14.2. The highest BCUT2D eigenvalue weighted by molar-refractivity contribution is 6.48. The topological polar surface area (TPSA) is 87.7 Å². The summed E-state index contributed by atoms with van der Waals surface area (Å²) in [4.78, 5) is 37.5. The van der Waals surface area contributed by atoms with E-state index in [1.54, 1.807) is 10.7 Å². The van der Waals surface area contributed by atoms with E-state index < -0.39 is 98.7 Å². The van der Waals surface area contributed by atoms with Crippen LogP contribution in [0, 0.1) is 0 Å². The molecule has 0 fully saturated rings. The fourth-order valence-corrected chi connectivity index (χ4v) is 4.45. The SMILES string of the molecule is C[C@@H](NC(=O)c1ccc(/C(F)=C/C(c2cc(Cl)c(Cl)c(Cl)c2)C(F)(F)F)cc1C(F)(F)F)C(=O)N(CC(F)(F)F)NC(=O)OC(C)(C)C. The molecule has 2 aromatic carbocycles. The number of nitrogens with one attached hydrogen (secondary N) is 2. The molecule has 266 valence electrons. The Morgan fingerprint density at radius 3 is 1.92 bits per heavy atom. The third-order valence-corrected chi connectivity index (χ3v) is 7.02. The van der Waals surface area contributed by atoms with Crippen molar-refractivity contribution >= 4 is 58.5 Å². The van der Waals surface area contributed by atoms with Gasteiger partial charge in [0, 0.05) is 5.56 Å². The molecule has 48 heavy (non-hydrogen) atoms. The number of ether oxygens (including phenoxy) is 1. The van der Waals surface area contributed by atoms with E-state index in [0.717, 1.165) is 19.1 Å². The summed E-state index contributed by atoms with van der Waals surface area (Å²) in [6.45, 7) is 2.77. The zero-order valence-corrected chi connectivity index (χ0v) is 27.1. The average Bonchev–Trinajstić information content (AvgIpc) is 2.90. The molecule has 0 aliphatic carbocycles. The maximum atomic E-state index is 15.1. The van der Waals surface area contributed by atoms with Gasteiger partial charge in [-0.25, -0.2) is 19.6 Å². The average molecular weight is 763 g/mol. The molecule has 0 radical (unpaired) electrons. The molecule has 20 heteroatoms. The summed E-state index contributed by atoms with van der Waals surface area (Å²) in [7, 11) is 0. The summed E-state index contributed by atoms with van der Waals surface area (Å²) in [6.07, 6.45) is -17.3. The van der Waals surface area contributed by atoms with Crippen molar-refractivity contribution in [1.82, 2.24) is 15.8 Å². The van der Waals surface area contributed by atoms with Crippen LogP contribution < -0.4 is 10.7 Å². The van der Waals surface area contributed by atoms with Crippen LogP contribution in [0.15, 0.2) is 36.4 Å². The summed E-state index contributed by atoms with van der Waals surface area (Å²) >= 11 is 17.3. The number of nitrogens with zero attached hydrogens (tertiary/aromatic N) is 1. The first-order valence-electron chi connectivity index (χ1n) is 13.1. The second kappa shape index (κ2) is 15.0. The number of hydrogen-bond donors (Lipinski definition) is 2. The zero-order valence-electron chi connectivity index (χ0n) is 24.8. The second-order valence-electron chi connectivity index (χ2n) is 10.9. The minimum Gasteiger partial charge on any atom is -0.443 e. The van der Waals surface area contributed by atoms with Crippen LogP contribution in [0.3, 0.4) is 0 Å². The summed E-state index contributed by atoms with van der Waals surface area (Å²) < 4.78 is 143. The van der Waals surface area contributed by atoms with Gasteiger partial charge < -0.3 is 10.1 Å². The third kappa shape index (κ3) is 11.6. The van der Waals surface area contributed by atoms with E-state index in [2.05, 4.69) is 0 Å². The third-order valence-electron chi connectivity index (χ3n) is 5.82. The number of rotatable bonds is 7. The lowest BCUT2D eigenvalue weighted by atomic mass is 9.95. The Morgan fingerprint density at radius 2 is 1.46 bits per heavy atom. The summed E-state index contributed by atoms with van der Waals surface area (Å²) in [5.41, 5.74) is -4.57. The normalized spacial score (nSPS) is 14.2. The Labute approximate surface area is 281 Å². The molecule has 0 aromatic heterocycles. The quantitative estimate of drug-likeness (QED) is 0.167. The van der Waals surface area contributed by atoms with Crippen LogP contribution in [0.25, 0.3) is 5.83 Å². The Kier molecular flexibility index (Phi) is 12.7. The van der Waals surface area contributed by atoms with Crippen molar-refractivity contribution in [3.8, 4) is 0 Å². The van der Waals surface area contributed by atoms with E-state index in [0.29, 0.717) is 12.1 Å². The number of allylic oxidation sites excluding steroid dienone is 1. The molecular weight excluding hydrogens is 739 g/mol. The number of hydrazine groups is 1. The molecule has 0 saturated heterocycles. The van der Waals surface area contributed by atoms with Gasteiger partial charge in [-0.3, -0.25) is 9.59 Å². The van der Waals surface area contributed by atoms with Crippen LogP contribution >= 0.6 is 34.8 Å². The number of carbonyl (C=O) groups is 3. The lowest BCUT2D eigenvalue weighted by molar-refractivity contribution is -0.167. The van der Waals surface area contributed by atoms with Crippen molar-refractivity contribution in [3.05, 3.63) is 73.7 Å². The van der Waals surface area contributed by atoms with Gasteiger partial charge in [0.15, 0.2) is 0 Å². The van der Waals surface area contributed by atoms with Crippen LogP contribution in [0.5, 0.6) is 0 Å². The molecule has 2 aromatic rings. The number of benzene rings is 2. The molecule has 0 aliphatic heterocycles. The van der Waals surface area contributed by atoms with E-state index in [1.165, 1.54) is 20.8 Å². The molecule has 0 heterocycles. The zero-order chi connectivity index (χ0) is 37.2. The van der Waals surface area contributed by atoms with E-state index in [1.807, 2.05) is 0 Å². The van der Waals surface area contributed by atoms with Crippen molar-refractivity contribution in [2.45, 2.75) is 63.8 Å². The van der Waals surface area contributed by atoms with Gasteiger partial charge in [0.25, 0.3) is 11.8 Å². The van der Waals surface area contributed by atoms with Crippen LogP contribution in [-0.4, -0.2) is 53.5 Å². The number of halogens is 13. The molecule has 2 N–H and O–H groups in total. The highest BCUT2D eigenvalue weighted by Crippen LogP contribution is 2.43. The van der Waals surface area contributed by atoms with Crippen LogP contribution in [0.4, 0.5) is 48.7 Å². The number of carbonyl (C=O) groups excluding carboxylic acids is 3. The molecule has 2 rings (SSSR count). The van der Waals surface area contributed by atoms with Crippen LogP contribution in [0.1, 0.15) is 60.7 Å². The van der Waals surface area contributed by atoms with E-state index >= 15 is 4.39 Å². The van der Waals surface area contributed by atoms with Gasteiger partial charge in [-0.05, 0) is 63.6 Å². The minimum atomic E-state index is -5.43. The Morgan fingerprint density at radius 1 is 0.917 bits per heavy atom. The van der Waals surface area contributed by atoms with Crippen molar-refractivity contribution in [2.24, 2.45) is 0 Å². The van der Waals surface area contributed by atoms with E-state index in [9.17, 15) is 53.9 Å². The molecule has 0 bridgehead atoms. The van der Waals surface area contributed by atoms with Gasteiger partial charge in [-0.15, -0.1) is 0 Å². The largest absolute Gasteiger partial charge is 0.443 e. The number of hydrogen-bond acceptors (Lipinski definition) is 4. The van der Waals surface area contributed by atoms with Crippen molar-refractivity contribution in [2.75, 3.05) is 6.54 Å². The molecule has 7 nitrogen and oxygen atoms in total. The smallest absolute Gasteiger partial charge is 0.426 e. The molecule has 1 unspecified atom stereocenters. The van der Waals surface area contributed by atoms with Gasteiger partial charge in [-0.1, -0.05) is 40.9 Å². The van der Waals surface area contributed by atoms with Gasteiger partial charge in [0.05, 0.1) is 26.2 Å². The maximum Gasteiger partial charge on any atom is 0.426 e. The Balaban J connectivity index is 2.46. The van der Waals surface area contributed by atoms with Crippen LogP contribution in [0.2, 0.25) is 15.1 Å². The highest BCUT2D eigenvalue weighted by Gasteiger charge is 2.42. The van der Waals surface area contributed by atoms with Gasteiger partial charge in [0.2, 0.25) is 0 Å². The molecular formula is C28H24Cl3F10N3O4.